The number of aromatic nitrogens is 2. The molecule has 0 aliphatic carbocycles. The molecule has 1 heterocycles. The molecule has 1 unspecified atom stereocenters. The second-order valence-electron chi connectivity index (χ2n) is 3.67. The van der Waals surface area contributed by atoms with Crippen LogP contribution in [0.1, 0.15) is 31.2 Å². The van der Waals surface area contributed by atoms with Crippen LogP contribution < -0.4 is 0 Å². The Kier molecular flexibility index (Phi) is 4.01. The van der Waals surface area contributed by atoms with E-state index in [1.165, 1.54) is 6.33 Å². The van der Waals surface area contributed by atoms with Crippen molar-refractivity contribution < 1.29 is 9.53 Å². The van der Waals surface area contributed by atoms with Gasteiger partial charge in [0.05, 0.1) is 11.8 Å². The first-order valence-corrected chi connectivity index (χ1v) is 4.99. The molecule has 84 valence electrons. The summed E-state index contributed by atoms with van der Waals surface area (Å²) in [6.07, 6.45) is 6.52. The lowest BCUT2D eigenvalue weighted by atomic mass is 10.1. The van der Waals surface area contributed by atoms with Crippen LogP contribution in [0.25, 0.3) is 0 Å². The monoisotopic (exact) mass is 218 g/mol. The fraction of sp³-hybridized carbons (Fsp3) is 0.417. The molecule has 16 heavy (non-hydrogen) atoms. The summed E-state index contributed by atoms with van der Waals surface area (Å²) in [4.78, 5) is 19.6. The molecule has 0 aliphatic rings. The first kappa shape index (κ1) is 12.2. The molecule has 4 heteroatoms. The minimum atomic E-state index is -0.760. The molecular formula is C12H14N2O2. The number of carbonyl (C=O) groups excluding carboxylic acids is 1. The maximum absolute atomic E-state index is 11.7. The van der Waals surface area contributed by atoms with Gasteiger partial charge in [0.25, 0.3) is 0 Å². The molecule has 0 bridgehead atoms. The lowest BCUT2D eigenvalue weighted by Crippen LogP contribution is -2.19. The van der Waals surface area contributed by atoms with E-state index >= 15 is 0 Å². The molecule has 1 aromatic rings. The van der Waals surface area contributed by atoms with E-state index in [2.05, 4.69) is 15.9 Å². The van der Waals surface area contributed by atoms with Crippen LogP contribution in [-0.4, -0.2) is 22.0 Å². The number of hydrogen-bond acceptors (Lipinski definition) is 4. The summed E-state index contributed by atoms with van der Waals surface area (Å²) in [5.41, 5.74) is 1.27. The van der Waals surface area contributed by atoms with Gasteiger partial charge in [-0.2, -0.15) is 0 Å². The quantitative estimate of drug-likeness (QED) is 0.569. The number of terminal acetylenes is 1. The Morgan fingerprint density at radius 2 is 2.19 bits per heavy atom. The number of carbonyl (C=O) groups is 1. The molecule has 0 radical (unpaired) electrons. The van der Waals surface area contributed by atoms with Gasteiger partial charge in [-0.1, -0.05) is 5.92 Å². The molecule has 0 amide bonds. The average Bonchev–Trinajstić information content (AvgIpc) is 2.17. The Bertz CT molecular complexity index is 421. The van der Waals surface area contributed by atoms with Crippen molar-refractivity contribution in [2.75, 3.05) is 0 Å². The summed E-state index contributed by atoms with van der Waals surface area (Å²) >= 11 is 0. The van der Waals surface area contributed by atoms with Crippen LogP contribution in [0, 0.1) is 19.3 Å². The maximum Gasteiger partial charge on any atom is 0.327 e. The molecule has 1 rings (SSSR count). The largest absolute Gasteiger partial charge is 0.462 e. The predicted octanol–water partition coefficient (Wildman–Crippen LogP) is 1.45. The van der Waals surface area contributed by atoms with Crippen molar-refractivity contribution in [1.82, 2.24) is 9.97 Å². The van der Waals surface area contributed by atoms with Crippen LogP contribution in [0.4, 0.5) is 0 Å². The van der Waals surface area contributed by atoms with Crippen LogP contribution in [0.5, 0.6) is 0 Å². The van der Waals surface area contributed by atoms with E-state index in [1.807, 2.05) is 6.92 Å². The summed E-state index contributed by atoms with van der Waals surface area (Å²) in [5, 5.41) is 0. The Morgan fingerprint density at radius 1 is 1.50 bits per heavy atom. The normalized spacial score (nSPS) is 11.9. The summed E-state index contributed by atoms with van der Waals surface area (Å²) in [5.74, 6) is 1.18. The van der Waals surface area contributed by atoms with E-state index in [0.717, 1.165) is 5.69 Å². The van der Waals surface area contributed by atoms with Crippen LogP contribution in [0.3, 0.4) is 0 Å². The Labute approximate surface area is 95.1 Å². The highest BCUT2D eigenvalue weighted by Crippen LogP contribution is 2.15. The highest BCUT2D eigenvalue weighted by molar-refractivity contribution is 5.81. The molecule has 0 spiro atoms. The summed E-state index contributed by atoms with van der Waals surface area (Å²) in [6.45, 7) is 5.36. The summed E-state index contributed by atoms with van der Waals surface area (Å²) in [7, 11) is 0. The zero-order valence-electron chi connectivity index (χ0n) is 9.60. The lowest BCUT2D eigenvalue weighted by molar-refractivity contribution is -0.147. The third-order valence-corrected chi connectivity index (χ3v) is 1.87. The number of nitrogens with zero attached hydrogens (tertiary/aromatic N) is 2. The van der Waals surface area contributed by atoms with Crippen molar-refractivity contribution in [1.29, 1.82) is 0 Å². The topological polar surface area (TPSA) is 52.1 Å². The Morgan fingerprint density at radius 3 is 2.69 bits per heavy atom. The highest BCUT2D eigenvalue weighted by Gasteiger charge is 2.22. The van der Waals surface area contributed by atoms with Gasteiger partial charge in [-0.3, -0.25) is 4.79 Å². The molecule has 4 nitrogen and oxygen atoms in total. The van der Waals surface area contributed by atoms with Gasteiger partial charge in [-0.15, -0.1) is 6.42 Å². The number of aryl methyl sites for hydroxylation is 1. The van der Waals surface area contributed by atoms with Gasteiger partial charge in [0.2, 0.25) is 0 Å². The van der Waals surface area contributed by atoms with Gasteiger partial charge in [0.15, 0.2) is 5.92 Å². The highest BCUT2D eigenvalue weighted by atomic mass is 16.5. The SMILES string of the molecule is C#CC(C(=O)OC(C)C)c1cc(C)ncn1. The van der Waals surface area contributed by atoms with E-state index in [-0.39, 0.29) is 6.10 Å². The third kappa shape index (κ3) is 3.06. The zero-order valence-corrected chi connectivity index (χ0v) is 9.60. The number of hydrogen-bond donors (Lipinski definition) is 0. The first-order chi connectivity index (χ1) is 7.54. The average molecular weight is 218 g/mol. The molecule has 1 aromatic heterocycles. The Hall–Kier alpha value is -1.89. The van der Waals surface area contributed by atoms with E-state index in [1.54, 1.807) is 19.9 Å². The van der Waals surface area contributed by atoms with Crippen molar-refractivity contribution in [3.8, 4) is 12.3 Å². The number of ether oxygens (including phenoxy) is 1. The van der Waals surface area contributed by atoms with E-state index in [4.69, 9.17) is 11.2 Å². The fourth-order valence-electron chi connectivity index (χ4n) is 1.21. The van der Waals surface area contributed by atoms with E-state index in [9.17, 15) is 4.79 Å². The maximum atomic E-state index is 11.7. The van der Waals surface area contributed by atoms with Crippen molar-refractivity contribution in [2.24, 2.45) is 0 Å². The van der Waals surface area contributed by atoms with Crippen LogP contribution in [0.15, 0.2) is 12.4 Å². The minimum Gasteiger partial charge on any atom is -0.462 e. The van der Waals surface area contributed by atoms with Crippen LogP contribution in [0.2, 0.25) is 0 Å². The van der Waals surface area contributed by atoms with Gasteiger partial charge >= 0.3 is 5.97 Å². The third-order valence-electron chi connectivity index (χ3n) is 1.87. The van der Waals surface area contributed by atoms with E-state index in [0.29, 0.717) is 5.69 Å². The lowest BCUT2D eigenvalue weighted by Gasteiger charge is -2.12. The van der Waals surface area contributed by atoms with Gasteiger partial charge < -0.3 is 4.74 Å². The van der Waals surface area contributed by atoms with E-state index < -0.39 is 11.9 Å². The Balaban J connectivity index is 2.91. The smallest absolute Gasteiger partial charge is 0.327 e. The first-order valence-electron chi connectivity index (χ1n) is 4.99. The zero-order chi connectivity index (χ0) is 12.1. The van der Waals surface area contributed by atoms with Crippen LogP contribution >= 0.6 is 0 Å². The summed E-state index contributed by atoms with van der Waals surface area (Å²) < 4.78 is 5.06. The van der Waals surface area contributed by atoms with Gasteiger partial charge in [-0.05, 0) is 26.8 Å². The second-order valence-corrected chi connectivity index (χ2v) is 3.67. The van der Waals surface area contributed by atoms with Crippen molar-refractivity contribution in [3.05, 3.63) is 23.8 Å². The molecule has 0 fully saturated rings. The van der Waals surface area contributed by atoms with Gasteiger partial charge in [-0.25, -0.2) is 9.97 Å². The van der Waals surface area contributed by atoms with Gasteiger partial charge in [0.1, 0.15) is 6.33 Å². The molecule has 0 N–H and O–H groups in total. The molecule has 0 aliphatic heterocycles. The second kappa shape index (κ2) is 5.26. The molecule has 1 atom stereocenters. The summed E-state index contributed by atoms with van der Waals surface area (Å²) in [6, 6.07) is 1.69. The molecule has 0 saturated heterocycles. The van der Waals surface area contributed by atoms with Crippen LogP contribution in [-0.2, 0) is 9.53 Å². The number of esters is 1. The fourth-order valence-corrected chi connectivity index (χ4v) is 1.21. The van der Waals surface area contributed by atoms with Crippen molar-refractivity contribution >= 4 is 5.97 Å². The molecule has 0 aromatic carbocycles. The minimum absolute atomic E-state index is 0.189. The predicted molar refractivity (Wildman–Crippen MR) is 59.6 cm³/mol. The number of rotatable bonds is 3. The molecular weight excluding hydrogens is 204 g/mol. The standard InChI is InChI=1S/C12H14N2O2/c1-5-10(12(15)16-8(2)3)11-6-9(4)13-7-14-11/h1,6-8,10H,2-4H3. The molecule has 0 saturated carbocycles. The van der Waals surface area contributed by atoms with Crippen molar-refractivity contribution in [2.45, 2.75) is 32.8 Å². The van der Waals surface area contributed by atoms with Crippen molar-refractivity contribution in [3.63, 3.8) is 0 Å². The van der Waals surface area contributed by atoms with Gasteiger partial charge in [0, 0.05) is 5.69 Å².